The van der Waals surface area contributed by atoms with E-state index >= 15 is 0 Å². The van der Waals surface area contributed by atoms with Gasteiger partial charge in [0.15, 0.2) is 0 Å². The summed E-state index contributed by atoms with van der Waals surface area (Å²) in [6.45, 7) is 5.16. The Hall–Kier alpha value is -1.10. The van der Waals surface area contributed by atoms with Crippen LogP contribution in [0.3, 0.4) is 0 Å². The molecule has 3 aliphatic rings. The number of rotatable bonds is 4. The Kier molecular flexibility index (Phi) is 3.48. The third kappa shape index (κ3) is 2.22. The minimum Gasteiger partial charge on any atom is -0.378 e. The zero-order chi connectivity index (χ0) is 14.3. The van der Waals surface area contributed by atoms with Crippen LogP contribution in [0.15, 0.2) is 0 Å². The van der Waals surface area contributed by atoms with Gasteiger partial charge < -0.3 is 15.0 Å². The van der Waals surface area contributed by atoms with Crippen molar-refractivity contribution < 1.29 is 14.3 Å². The summed E-state index contributed by atoms with van der Waals surface area (Å²) >= 11 is 0. The van der Waals surface area contributed by atoms with Crippen molar-refractivity contribution in [2.45, 2.75) is 63.6 Å². The van der Waals surface area contributed by atoms with Gasteiger partial charge in [-0.05, 0) is 51.9 Å². The molecule has 2 heterocycles. The van der Waals surface area contributed by atoms with Gasteiger partial charge >= 0.3 is 0 Å². The standard InChI is InChI=1S/C15H24N2O3/c1-10-13(18)17(8-7-12-4-3-9-20-12)15(2,11-5-6-11)14(19)16-10/h10-12H,3-9H2,1-2H3,(H,16,19). The van der Waals surface area contributed by atoms with Gasteiger partial charge in [-0.1, -0.05) is 0 Å². The Morgan fingerprint density at radius 2 is 2.10 bits per heavy atom. The Morgan fingerprint density at radius 1 is 1.35 bits per heavy atom. The maximum Gasteiger partial charge on any atom is 0.246 e. The van der Waals surface area contributed by atoms with E-state index in [0.29, 0.717) is 12.5 Å². The topological polar surface area (TPSA) is 58.6 Å². The van der Waals surface area contributed by atoms with Crippen LogP contribution in [-0.2, 0) is 14.3 Å². The molecule has 3 unspecified atom stereocenters. The number of piperazine rings is 1. The molecule has 2 aliphatic heterocycles. The minimum absolute atomic E-state index is 0.0134. The lowest BCUT2D eigenvalue weighted by atomic mass is 9.88. The van der Waals surface area contributed by atoms with Gasteiger partial charge in [0.1, 0.15) is 11.6 Å². The SMILES string of the molecule is CC1NC(=O)C(C)(C2CC2)N(CCC2CCCO2)C1=O. The van der Waals surface area contributed by atoms with Gasteiger partial charge in [-0.25, -0.2) is 0 Å². The van der Waals surface area contributed by atoms with E-state index in [-0.39, 0.29) is 17.9 Å². The van der Waals surface area contributed by atoms with Crippen molar-refractivity contribution in [1.29, 1.82) is 0 Å². The highest BCUT2D eigenvalue weighted by atomic mass is 16.5. The van der Waals surface area contributed by atoms with Crippen LogP contribution in [0.4, 0.5) is 0 Å². The second-order valence-corrected chi connectivity index (χ2v) is 6.53. The number of hydrogen-bond acceptors (Lipinski definition) is 3. The first-order valence-corrected chi connectivity index (χ1v) is 7.77. The monoisotopic (exact) mass is 280 g/mol. The van der Waals surface area contributed by atoms with Gasteiger partial charge in [0.25, 0.3) is 0 Å². The Labute approximate surface area is 120 Å². The van der Waals surface area contributed by atoms with Crippen molar-refractivity contribution in [2.24, 2.45) is 5.92 Å². The molecule has 0 aromatic heterocycles. The van der Waals surface area contributed by atoms with Crippen molar-refractivity contribution in [3.05, 3.63) is 0 Å². The van der Waals surface area contributed by atoms with E-state index in [0.717, 1.165) is 38.7 Å². The van der Waals surface area contributed by atoms with Crippen molar-refractivity contribution in [2.75, 3.05) is 13.2 Å². The molecule has 2 amide bonds. The summed E-state index contributed by atoms with van der Waals surface area (Å²) in [5.74, 6) is 0.389. The van der Waals surface area contributed by atoms with Crippen molar-refractivity contribution >= 4 is 11.8 Å². The molecule has 3 atom stereocenters. The molecule has 5 heteroatoms. The van der Waals surface area contributed by atoms with E-state index in [2.05, 4.69) is 5.32 Å². The molecule has 5 nitrogen and oxygen atoms in total. The van der Waals surface area contributed by atoms with Crippen molar-refractivity contribution in [3.8, 4) is 0 Å². The van der Waals surface area contributed by atoms with Crippen LogP contribution >= 0.6 is 0 Å². The predicted octanol–water partition coefficient (Wildman–Crippen LogP) is 1.07. The number of nitrogens with zero attached hydrogens (tertiary/aromatic N) is 1. The average molecular weight is 280 g/mol. The smallest absolute Gasteiger partial charge is 0.246 e. The van der Waals surface area contributed by atoms with Crippen LogP contribution in [0, 0.1) is 5.92 Å². The quantitative estimate of drug-likeness (QED) is 0.838. The summed E-state index contributed by atoms with van der Waals surface area (Å²) in [5, 5.41) is 2.84. The predicted molar refractivity (Wildman–Crippen MR) is 74.0 cm³/mol. The summed E-state index contributed by atoms with van der Waals surface area (Å²) in [6, 6.07) is -0.404. The van der Waals surface area contributed by atoms with E-state index in [1.807, 2.05) is 11.8 Å². The molecule has 3 rings (SSSR count). The molecule has 1 N–H and O–H groups in total. The lowest BCUT2D eigenvalue weighted by Gasteiger charge is -2.46. The van der Waals surface area contributed by atoms with Crippen LogP contribution in [-0.4, -0.2) is 47.6 Å². The second-order valence-electron chi connectivity index (χ2n) is 6.53. The van der Waals surface area contributed by atoms with Crippen LogP contribution < -0.4 is 5.32 Å². The third-order valence-electron chi connectivity index (χ3n) is 5.08. The number of carbonyl (C=O) groups is 2. The summed E-state index contributed by atoms with van der Waals surface area (Å²) in [4.78, 5) is 26.7. The highest BCUT2D eigenvalue weighted by Crippen LogP contribution is 2.44. The zero-order valence-corrected chi connectivity index (χ0v) is 12.4. The zero-order valence-electron chi connectivity index (χ0n) is 12.4. The third-order valence-corrected chi connectivity index (χ3v) is 5.08. The largest absolute Gasteiger partial charge is 0.378 e. The molecule has 112 valence electrons. The van der Waals surface area contributed by atoms with Crippen LogP contribution in [0.25, 0.3) is 0 Å². The highest BCUT2D eigenvalue weighted by Gasteiger charge is 2.56. The van der Waals surface area contributed by atoms with Crippen molar-refractivity contribution in [3.63, 3.8) is 0 Å². The molecule has 0 radical (unpaired) electrons. The fourth-order valence-electron chi connectivity index (χ4n) is 3.53. The van der Waals surface area contributed by atoms with Gasteiger partial charge in [-0.15, -0.1) is 0 Å². The summed E-state index contributed by atoms with van der Waals surface area (Å²) in [5.41, 5.74) is -0.651. The highest BCUT2D eigenvalue weighted by molar-refractivity contribution is 5.99. The first kappa shape index (κ1) is 13.9. The Bertz CT molecular complexity index is 415. The molecule has 0 aromatic rings. The lowest BCUT2D eigenvalue weighted by Crippen LogP contribution is -2.70. The number of carbonyl (C=O) groups excluding carboxylic acids is 2. The molecular formula is C15H24N2O3. The number of amides is 2. The molecule has 0 bridgehead atoms. The lowest BCUT2D eigenvalue weighted by molar-refractivity contribution is -0.158. The first-order valence-electron chi connectivity index (χ1n) is 7.77. The summed E-state index contributed by atoms with van der Waals surface area (Å²) in [6.07, 6.45) is 5.36. The van der Waals surface area contributed by atoms with E-state index in [9.17, 15) is 9.59 Å². The number of hydrogen-bond donors (Lipinski definition) is 1. The first-order chi connectivity index (χ1) is 9.53. The Morgan fingerprint density at radius 3 is 2.70 bits per heavy atom. The van der Waals surface area contributed by atoms with E-state index in [1.54, 1.807) is 6.92 Å². The number of nitrogens with one attached hydrogen (secondary N) is 1. The maximum atomic E-state index is 12.5. The fourth-order valence-corrected chi connectivity index (χ4v) is 3.53. The van der Waals surface area contributed by atoms with Crippen molar-refractivity contribution in [1.82, 2.24) is 10.2 Å². The molecule has 3 fully saturated rings. The van der Waals surface area contributed by atoms with Gasteiger partial charge in [0, 0.05) is 13.2 Å². The fraction of sp³-hybridized carbons (Fsp3) is 0.867. The summed E-state index contributed by atoms with van der Waals surface area (Å²) < 4.78 is 5.64. The normalized spacial score (nSPS) is 38.2. The Balaban J connectivity index is 1.74. The minimum atomic E-state index is -0.651. The summed E-state index contributed by atoms with van der Waals surface area (Å²) in [7, 11) is 0. The second kappa shape index (κ2) is 5.02. The van der Waals surface area contributed by atoms with E-state index in [4.69, 9.17) is 4.74 Å². The van der Waals surface area contributed by atoms with Crippen LogP contribution in [0.1, 0.15) is 46.0 Å². The molecule has 1 aliphatic carbocycles. The molecule has 0 aromatic carbocycles. The molecule has 2 saturated heterocycles. The molecule has 20 heavy (non-hydrogen) atoms. The van der Waals surface area contributed by atoms with Crippen LogP contribution in [0.5, 0.6) is 0 Å². The molecular weight excluding hydrogens is 256 g/mol. The molecule has 1 saturated carbocycles. The average Bonchev–Trinajstić information content (AvgIpc) is 3.15. The van der Waals surface area contributed by atoms with E-state index in [1.165, 1.54) is 0 Å². The van der Waals surface area contributed by atoms with Gasteiger partial charge in [-0.3, -0.25) is 9.59 Å². The van der Waals surface area contributed by atoms with E-state index < -0.39 is 11.6 Å². The van der Waals surface area contributed by atoms with Gasteiger partial charge in [0.2, 0.25) is 11.8 Å². The number of ether oxygens (including phenoxy) is 1. The maximum absolute atomic E-state index is 12.5. The van der Waals surface area contributed by atoms with Gasteiger partial charge in [0.05, 0.1) is 6.10 Å². The molecule has 0 spiro atoms. The van der Waals surface area contributed by atoms with Gasteiger partial charge in [-0.2, -0.15) is 0 Å². The van der Waals surface area contributed by atoms with Crippen LogP contribution in [0.2, 0.25) is 0 Å².